The number of H-pyrrole nitrogens is 1. The number of fused-ring (bicyclic) bond motifs is 2. The van der Waals surface area contributed by atoms with Crippen molar-refractivity contribution in [2.45, 2.75) is 63.7 Å². The van der Waals surface area contributed by atoms with E-state index in [-0.39, 0.29) is 40.4 Å². The second kappa shape index (κ2) is 9.27. The Balaban J connectivity index is 1.03. The fourth-order valence-electron chi connectivity index (χ4n) is 6.70. The number of alkyl halides is 3. The monoisotopic (exact) mass is 575 g/mol. The molecule has 1 spiro atoms. The number of rotatable bonds is 5. The largest absolute Gasteiger partial charge is 0.435 e. The van der Waals surface area contributed by atoms with E-state index in [4.69, 9.17) is 0 Å². The molecule has 5 aromatic rings. The molecule has 12 heteroatoms. The van der Waals surface area contributed by atoms with Gasteiger partial charge in [-0.15, -0.1) is 0 Å². The SMILES string of the molecule is CC(C)n1cc(-c2ccn3c(C(=O)N[C@H]4CC5(C4)C[C@H](c4n[nH]c(=O)c6ccccc64)C5)cnc3c2)c(C(F)(F)F)n1. The van der Waals surface area contributed by atoms with Gasteiger partial charge in [0.2, 0.25) is 0 Å². The van der Waals surface area contributed by atoms with E-state index in [2.05, 4.69) is 25.6 Å². The van der Waals surface area contributed by atoms with Crippen molar-refractivity contribution in [1.29, 1.82) is 0 Å². The standard InChI is InChI=1S/C30H28F3N7O2/c1-16(2)40-15-22(26(38-40)30(31,32)33)17-7-8-39-23(14-34-24(39)9-17)28(42)35-19-12-29(13-19)10-18(11-29)25-20-5-3-4-6-21(20)27(41)37-36-25/h3-9,14-16,18-19H,10-13H2,1-2H3,(H,35,42)(H,37,41)/t18-,19-,29?. The summed E-state index contributed by atoms with van der Waals surface area (Å²) in [7, 11) is 0. The zero-order chi connectivity index (χ0) is 29.4. The first-order valence-electron chi connectivity index (χ1n) is 13.9. The average Bonchev–Trinajstić information content (AvgIpc) is 3.55. The summed E-state index contributed by atoms with van der Waals surface area (Å²) in [6.45, 7) is 3.52. The summed E-state index contributed by atoms with van der Waals surface area (Å²) in [6, 6.07) is 10.4. The molecule has 2 aliphatic rings. The summed E-state index contributed by atoms with van der Waals surface area (Å²) < 4.78 is 44.0. The number of nitrogens with zero attached hydrogens (tertiary/aromatic N) is 5. The predicted octanol–water partition coefficient (Wildman–Crippen LogP) is 5.49. The molecule has 2 fully saturated rings. The first-order chi connectivity index (χ1) is 20.0. The number of imidazole rings is 1. The van der Waals surface area contributed by atoms with Crippen LogP contribution in [0.3, 0.4) is 0 Å². The smallest absolute Gasteiger partial charge is 0.348 e. The zero-order valence-corrected chi connectivity index (χ0v) is 22.9. The minimum atomic E-state index is -4.60. The molecule has 0 bridgehead atoms. The van der Waals surface area contributed by atoms with Gasteiger partial charge in [0.1, 0.15) is 11.3 Å². The number of benzene rings is 1. The van der Waals surface area contributed by atoms with Gasteiger partial charge in [-0.25, -0.2) is 10.1 Å². The minimum absolute atomic E-state index is 0.0276. The van der Waals surface area contributed by atoms with Gasteiger partial charge >= 0.3 is 6.18 Å². The lowest BCUT2D eigenvalue weighted by molar-refractivity contribution is -0.141. The number of halogens is 3. The fourth-order valence-corrected chi connectivity index (χ4v) is 6.70. The molecule has 4 heterocycles. The summed E-state index contributed by atoms with van der Waals surface area (Å²) >= 11 is 0. The van der Waals surface area contributed by atoms with Crippen molar-refractivity contribution in [3.63, 3.8) is 0 Å². The first-order valence-corrected chi connectivity index (χ1v) is 13.9. The molecule has 1 aromatic carbocycles. The Bertz CT molecular complexity index is 1910. The van der Waals surface area contributed by atoms with Gasteiger partial charge < -0.3 is 5.32 Å². The van der Waals surface area contributed by atoms with Gasteiger partial charge in [0, 0.05) is 41.3 Å². The highest BCUT2D eigenvalue weighted by Crippen LogP contribution is 2.62. The molecule has 0 unspecified atom stereocenters. The van der Waals surface area contributed by atoms with E-state index < -0.39 is 11.9 Å². The molecular formula is C30H28F3N7O2. The quantitative estimate of drug-likeness (QED) is 0.288. The van der Waals surface area contributed by atoms with E-state index in [0.717, 1.165) is 36.8 Å². The van der Waals surface area contributed by atoms with Crippen LogP contribution in [0.4, 0.5) is 13.2 Å². The number of aromatic amines is 1. The van der Waals surface area contributed by atoms with Gasteiger partial charge in [-0.05, 0) is 68.7 Å². The maximum absolute atomic E-state index is 13.7. The van der Waals surface area contributed by atoms with E-state index >= 15 is 0 Å². The Labute approximate surface area is 237 Å². The Morgan fingerprint density at radius 2 is 1.86 bits per heavy atom. The Kier molecular flexibility index (Phi) is 5.83. The molecular weight excluding hydrogens is 547 g/mol. The van der Waals surface area contributed by atoms with Crippen molar-refractivity contribution in [2.75, 3.05) is 0 Å². The minimum Gasteiger partial charge on any atom is -0.348 e. The molecule has 0 radical (unpaired) electrons. The molecule has 7 rings (SSSR count). The van der Waals surface area contributed by atoms with Crippen LogP contribution in [0.1, 0.15) is 73.4 Å². The topological polar surface area (TPSA) is 110 Å². The molecule has 216 valence electrons. The van der Waals surface area contributed by atoms with Crippen molar-refractivity contribution >= 4 is 22.3 Å². The third kappa shape index (κ3) is 4.27. The summed E-state index contributed by atoms with van der Waals surface area (Å²) in [5, 5.41) is 15.4. The van der Waals surface area contributed by atoms with E-state index in [9.17, 15) is 22.8 Å². The molecule has 0 saturated heterocycles. The normalized spacial score (nSPS) is 22.0. The molecule has 0 aliphatic heterocycles. The van der Waals surface area contributed by atoms with Crippen LogP contribution in [0.2, 0.25) is 0 Å². The van der Waals surface area contributed by atoms with E-state index in [1.54, 1.807) is 30.5 Å². The number of amides is 1. The van der Waals surface area contributed by atoms with E-state index in [1.807, 2.05) is 24.3 Å². The van der Waals surface area contributed by atoms with Crippen LogP contribution in [-0.2, 0) is 6.18 Å². The van der Waals surface area contributed by atoms with Gasteiger partial charge in [0.25, 0.3) is 11.5 Å². The fraction of sp³-hybridized carbons (Fsp3) is 0.367. The molecule has 42 heavy (non-hydrogen) atoms. The molecule has 2 N–H and O–H groups in total. The summed E-state index contributed by atoms with van der Waals surface area (Å²) in [5.74, 6) is -0.00949. The Morgan fingerprint density at radius 1 is 1.12 bits per heavy atom. The lowest BCUT2D eigenvalue weighted by Gasteiger charge is -2.57. The molecule has 4 aromatic heterocycles. The maximum Gasteiger partial charge on any atom is 0.435 e. The predicted molar refractivity (Wildman–Crippen MR) is 149 cm³/mol. The van der Waals surface area contributed by atoms with Crippen molar-refractivity contribution in [1.82, 2.24) is 34.7 Å². The van der Waals surface area contributed by atoms with Crippen LogP contribution in [0.15, 0.2) is 59.8 Å². The van der Waals surface area contributed by atoms with Crippen molar-refractivity contribution < 1.29 is 18.0 Å². The number of aromatic nitrogens is 6. The molecule has 2 saturated carbocycles. The van der Waals surface area contributed by atoms with Crippen molar-refractivity contribution in [3.05, 3.63) is 82.4 Å². The second-order valence-electron chi connectivity index (χ2n) is 11.9. The van der Waals surface area contributed by atoms with Crippen molar-refractivity contribution in [2.24, 2.45) is 5.41 Å². The third-order valence-electron chi connectivity index (χ3n) is 8.75. The summed E-state index contributed by atoms with van der Waals surface area (Å²) in [4.78, 5) is 29.6. The van der Waals surface area contributed by atoms with Crippen LogP contribution in [0.25, 0.3) is 27.5 Å². The lowest BCUT2D eigenvalue weighted by atomic mass is 9.49. The van der Waals surface area contributed by atoms with Gasteiger partial charge in [0.05, 0.1) is 17.3 Å². The van der Waals surface area contributed by atoms with Gasteiger partial charge in [-0.3, -0.25) is 18.7 Å². The highest BCUT2D eigenvalue weighted by molar-refractivity contribution is 5.93. The molecule has 2 aliphatic carbocycles. The maximum atomic E-state index is 13.7. The molecule has 1 amide bonds. The highest BCUT2D eigenvalue weighted by Gasteiger charge is 2.54. The van der Waals surface area contributed by atoms with Crippen LogP contribution >= 0.6 is 0 Å². The number of carbonyl (C=O) groups excluding carboxylic acids is 1. The Morgan fingerprint density at radius 3 is 2.57 bits per heavy atom. The Hall–Kier alpha value is -4.48. The van der Waals surface area contributed by atoms with Crippen LogP contribution < -0.4 is 10.9 Å². The molecule has 0 atom stereocenters. The number of pyridine rings is 1. The summed E-state index contributed by atoms with van der Waals surface area (Å²) in [6.07, 6.45) is 3.42. The number of hydrogen-bond donors (Lipinski definition) is 2. The number of carbonyl (C=O) groups is 1. The van der Waals surface area contributed by atoms with Crippen molar-refractivity contribution in [3.8, 4) is 11.1 Å². The summed E-state index contributed by atoms with van der Waals surface area (Å²) in [5.41, 5.74) is 0.927. The van der Waals surface area contributed by atoms with Crippen LogP contribution in [-0.4, -0.2) is 41.3 Å². The lowest BCUT2D eigenvalue weighted by Crippen LogP contribution is -2.55. The second-order valence-corrected chi connectivity index (χ2v) is 11.9. The average molecular weight is 576 g/mol. The van der Waals surface area contributed by atoms with Crippen LogP contribution in [0, 0.1) is 5.41 Å². The number of hydrogen-bond acceptors (Lipinski definition) is 5. The first kappa shape index (κ1) is 26.4. The number of nitrogens with one attached hydrogen (secondary N) is 2. The third-order valence-corrected chi connectivity index (χ3v) is 8.75. The van der Waals surface area contributed by atoms with Gasteiger partial charge in [-0.1, -0.05) is 18.2 Å². The highest BCUT2D eigenvalue weighted by atomic mass is 19.4. The van der Waals surface area contributed by atoms with E-state index in [0.29, 0.717) is 22.3 Å². The zero-order valence-electron chi connectivity index (χ0n) is 22.9. The molecule has 9 nitrogen and oxygen atoms in total. The van der Waals surface area contributed by atoms with E-state index in [1.165, 1.54) is 23.1 Å². The van der Waals surface area contributed by atoms with Crippen LogP contribution in [0.5, 0.6) is 0 Å². The van der Waals surface area contributed by atoms with Gasteiger partial charge in [0.15, 0.2) is 5.69 Å². The van der Waals surface area contributed by atoms with Gasteiger partial charge in [-0.2, -0.15) is 23.4 Å².